The summed E-state index contributed by atoms with van der Waals surface area (Å²) in [5, 5.41) is 1.03. The standard InChI is InChI=1S/C28H33N5O3/c34-27(30-12-1-2-13-30)22-5-7-25-21(19-22)9-18-33(25)26-8-6-24(20-29-26)36-23-10-16-32(17-11-23)28(35)31-14-3-4-15-31/h5-9,18-20,23H,1-4,10-17H2. The highest BCUT2D eigenvalue weighted by atomic mass is 16.5. The van der Waals surface area contributed by atoms with Crippen molar-refractivity contribution in [2.45, 2.75) is 44.6 Å². The quantitative estimate of drug-likeness (QED) is 0.550. The number of benzene rings is 1. The highest BCUT2D eigenvalue weighted by Crippen LogP contribution is 2.25. The number of nitrogens with zero attached hydrogens (tertiary/aromatic N) is 5. The number of carbonyl (C=O) groups excluding carboxylic acids is 2. The van der Waals surface area contributed by atoms with Crippen molar-refractivity contribution >= 4 is 22.8 Å². The number of hydrogen-bond donors (Lipinski definition) is 0. The average Bonchev–Trinajstić information content (AvgIpc) is 3.71. The molecule has 188 valence electrons. The first-order chi connectivity index (χ1) is 17.7. The molecule has 3 fully saturated rings. The van der Waals surface area contributed by atoms with Gasteiger partial charge in [-0.3, -0.25) is 4.79 Å². The molecule has 8 nitrogen and oxygen atoms in total. The van der Waals surface area contributed by atoms with Gasteiger partial charge in [-0.15, -0.1) is 0 Å². The van der Waals surface area contributed by atoms with Gasteiger partial charge in [-0.25, -0.2) is 9.78 Å². The number of urea groups is 1. The van der Waals surface area contributed by atoms with Crippen molar-refractivity contribution in [3.8, 4) is 11.6 Å². The molecule has 2 aromatic heterocycles. The molecular formula is C28H33N5O3. The van der Waals surface area contributed by atoms with Crippen LogP contribution < -0.4 is 4.74 Å². The smallest absolute Gasteiger partial charge is 0.320 e. The number of amides is 3. The molecule has 1 aromatic carbocycles. The average molecular weight is 488 g/mol. The van der Waals surface area contributed by atoms with Crippen LogP contribution in [0, 0.1) is 0 Å². The Bertz CT molecular complexity index is 1230. The van der Waals surface area contributed by atoms with Crippen LogP contribution >= 0.6 is 0 Å². The Kier molecular flexibility index (Phi) is 6.25. The lowest BCUT2D eigenvalue weighted by atomic mass is 10.1. The maximum Gasteiger partial charge on any atom is 0.320 e. The van der Waals surface area contributed by atoms with Crippen LogP contribution in [0.1, 0.15) is 48.9 Å². The Morgan fingerprint density at radius 3 is 2.19 bits per heavy atom. The molecule has 6 rings (SSSR count). The van der Waals surface area contributed by atoms with Crippen molar-refractivity contribution in [3.63, 3.8) is 0 Å². The predicted molar refractivity (Wildman–Crippen MR) is 138 cm³/mol. The third-order valence-electron chi connectivity index (χ3n) is 7.69. The Balaban J connectivity index is 1.08. The molecule has 3 aliphatic heterocycles. The molecular weight excluding hydrogens is 454 g/mol. The number of ether oxygens (including phenoxy) is 1. The Morgan fingerprint density at radius 1 is 0.806 bits per heavy atom. The van der Waals surface area contributed by atoms with E-state index in [1.54, 1.807) is 6.20 Å². The summed E-state index contributed by atoms with van der Waals surface area (Å²) in [7, 11) is 0. The molecule has 0 radical (unpaired) electrons. The van der Waals surface area contributed by atoms with Gasteiger partial charge in [0.05, 0.1) is 11.7 Å². The van der Waals surface area contributed by atoms with Gasteiger partial charge in [0.25, 0.3) is 5.91 Å². The van der Waals surface area contributed by atoms with Crippen molar-refractivity contribution in [1.82, 2.24) is 24.3 Å². The molecule has 0 spiro atoms. The SMILES string of the molecule is O=C(c1ccc2c(ccn2-c2ccc(OC3CCN(C(=O)N4CCCC4)CC3)cn2)c1)N1CCCC1. The summed E-state index contributed by atoms with van der Waals surface area (Å²) in [6.07, 6.45) is 9.95. The van der Waals surface area contributed by atoms with Crippen molar-refractivity contribution in [2.75, 3.05) is 39.3 Å². The number of aromatic nitrogens is 2. The third-order valence-corrected chi connectivity index (χ3v) is 7.69. The summed E-state index contributed by atoms with van der Waals surface area (Å²) in [4.78, 5) is 35.9. The summed E-state index contributed by atoms with van der Waals surface area (Å²) in [5.74, 6) is 1.67. The van der Waals surface area contributed by atoms with E-state index in [9.17, 15) is 9.59 Å². The molecule has 36 heavy (non-hydrogen) atoms. The second-order valence-corrected chi connectivity index (χ2v) is 10.1. The van der Waals surface area contributed by atoms with E-state index in [4.69, 9.17) is 4.74 Å². The van der Waals surface area contributed by atoms with Gasteiger partial charge in [-0.2, -0.15) is 0 Å². The van der Waals surface area contributed by atoms with Crippen LogP contribution in [0.5, 0.6) is 5.75 Å². The fourth-order valence-electron chi connectivity index (χ4n) is 5.63. The second kappa shape index (κ2) is 9.84. The van der Waals surface area contributed by atoms with E-state index in [1.807, 2.05) is 61.9 Å². The van der Waals surface area contributed by atoms with Crippen molar-refractivity contribution in [1.29, 1.82) is 0 Å². The molecule has 3 aromatic rings. The first-order valence-electron chi connectivity index (χ1n) is 13.2. The van der Waals surface area contributed by atoms with Crippen LogP contribution in [-0.2, 0) is 0 Å². The molecule has 3 amide bonds. The maximum atomic E-state index is 12.8. The minimum absolute atomic E-state index is 0.0965. The first-order valence-corrected chi connectivity index (χ1v) is 13.2. The number of rotatable bonds is 4. The fraction of sp³-hybridized carbons (Fsp3) is 0.464. The zero-order valence-corrected chi connectivity index (χ0v) is 20.6. The number of fused-ring (bicyclic) bond motifs is 1. The Morgan fingerprint density at radius 2 is 1.50 bits per heavy atom. The van der Waals surface area contributed by atoms with E-state index in [0.29, 0.717) is 0 Å². The molecule has 0 aliphatic carbocycles. The lowest BCUT2D eigenvalue weighted by Gasteiger charge is -2.34. The van der Waals surface area contributed by atoms with Crippen LogP contribution in [0.25, 0.3) is 16.7 Å². The third kappa shape index (κ3) is 4.52. The predicted octanol–water partition coefficient (Wildman–Crippen LogP) is 4.32. The topological polar surface area (TPSA) is 70.9 Å². The van der Waals surface area contributed by atoms with Gasteiger partial charge < -0.3 is 24.0 Å². The molecule has 3 saturated heterocycles. The van der Waals surface area contributed by atoms with Gasteiger partial charge in [0.1, 0.15) is 17.7 Å². The second-order valence-electron chi connectivity index (χ2n) is 10.1. The Hall–Kier alpha value is -3.55. The van der Waals surface area contributed by atoms with E-state index in [2.05, 4.69) is 4.98 Å². The molecule has 0 atom stereocenters. The van der Waals surface area contributed by atoms with Crippen LogP contribution in [0.4, 0.5) is 4.79 Å². The van der Waals surface area contributed by atoms with Gasteiger partial charge in [0, 0.05) is 69.3 Å². The van der Waals surface area contributed by atoms with Crippen molar-refractivity contribution in [2.24, 2.45) is 0 Å². The molecule has 0 unspecified atom stereocenters. The van der Waals surface area contributed by atoms with Crippen molar-refractivity contribution < 1.29 is 14.3 Å². The van der Waals surface area contributed by atoms with Gasteiger partial charge >= 0.3 is 6.03 Å². The summed E-state index contributed by atoms with van der Waals surface area (Å²) >= 11 is 0. The van der Waals surface area contributed by atoms with Crippen LogP contribution in [-0.4, -0.2) is 81.6 Å². The molecule has 0 bridgehead atoms. The number of carbonyl (C=O) groups is 2. The van der Waals surface area contributed by atoms with E-state index in [-0.39, 0.29) is 18.0 Å². The largest absolute Gasteiger partial charge is 0.489 e. The number of likely N-dealkylation sites (tertiary alicyclic amines) is 3. The number of hydrogen-bond acceptors (Lipinski definition) is 4. The van der Waals surface area contributed by atoms with Gasteiger partial charge in [0.15, 0.2) is 0 Å². The molecule has 0 saturated carbocycles. The Labute approximate surface area is 211 Å². The zero-order chi connectivity index (χ0) is 24.5. The van der Waals surface area contributed by atoms with Gasteiger partial charge in [0.2, 0.25) is 0 Å². The van der Waals surface area contributed by atoms with E-state index in [1.165, 1.54) is 0 Å². The van der Waals surface area contributed by atoms with Crippen LogP contribution in [0.15, 0.2) is 48.8 Å². The summed E-state index contributed by atoms with van der Waals surface area (Å²) in [6, 6.07) is 12.0. The normalized spacial score (nSPS) is 18.8. The van der Waals surface area contributed by atoms with Gasteiger partial charge in [-0.05, 0) is 62.1 Å². The molecule has 8 heteroatoms. The van der Waals surface area contributed by atoms with Crippen LogP contribution in [0.3, 0.4) is 0 Å². The van der Waals surface area contributed by atoms with E-state index >= 15 is 0 Å². The zero-order valence-electron chi connectivity index (χ0n) is 20.6. The highest BCUT2D eigenvalue weighted by molar-refractivity contribution is 5.98. The van der Waals surface area contributed by atoms with Crippen LogP contribution in [0.2, 0.25) is 0 Å². The molecule has 0 N–H and O–H groups in total. The lowest BCUT2D eigenvalue weighted by Crippen LogP contribution is -2.47. The summed E-state index contributed by atoms with van der Waals surface area (Å²) < 4.78 is 8.23. The monoisotopic (exact) mass is 487 g/mol. The van der Waals surface area contributed by atoms with Crippen molar-refractivity contribution in [3.05, 3.63) is 54.4 Å². The minimum atomic E-state index is 0.0965. The maximum absolute atomic E-state index is 12.8. The van der Waals surface area contributed by atoms with E-state index in [0.717, 1.165) is 106 Å². The summed E-state index contributed by atoms with van der Waals surface area (Å²) in [6.45, 7) is 4.97. The molecule has 5 heterocycles. The minimum Gasteiger partial charge on any atom is -0.489 e. The molecule has 3 aliphatic rings. The fourth-order valence-corrected chi connectivity index (χ4v) is 5.63. The lowest BCUT2D eigenvalue weighted by molar-refractivity contribution is 0.0792. The summed E-state index contributed by atoms with van der Waals surface area (Å²) in [5.41, 5.74) is 1.76. The van der Waals surface area contributed by atoms with Gasteiger partial charge in [-0.1, -0.05) is 0 Å². The number of piperidine rings is 1. The first kappa shape index (κ1) is 22.9. The van der Waals surface area contributed by atoms with E-state index < -0.39 is 0 Å². The highest BCUT2D eigenvalue weighted by Gasteiger charge is 2.28. The number of pyridine rings is 1.